The van der Waals surface area contributed by atoms with Crippen molar-refractivity contribution in [1.82, 2.24) is 4.90 Å². The van der Waals surface area contributed by atoms with Crippen LogP contribution in [-0.4, -0.2) is 37.0 Å². The predicted molar refractivity (Wildman–Crippen MR) is 93.4 cm³/mol. The van der Waals surface area contributed by atoms with E-state index in [2.05, 4.69) is 52.0 Å². The number of carbonyl (C=O) groups excluding carboxylic acids is 1. The average Bonchev–Trinajstić information content (AvgIpc) is 2.55. The monoisotopic (exact) mass is 358 g/mol. The van der Waals surface area contributed by atoms with Gasteiger partial charge in [-0.05, 0) is 46.6 Å². The van der Waals surface area contributed by atoms with Crippen LogP contribution < -0.4 is 4.90 Å². The molecule has 2 aromatic rings. The van der Waals surface area contributed by atoms with Crippen LogP contribution in [0.25, 0.3) is 0 Å². The van der Waals surface area contributed by atoms with E-state index in [9.17, 15) is 4.79 Å². The molecule has 0 aromatic heterocycles. The van der Waals surface area contributed by atoms with Crippen LogP contribution in [-0.2, 0) is 0 Å². The Morgan fingerprint density at radius 3 is 2.27 bits per heavy atom. The highest BCUT2D eigenvalue weighted by Gasteiger charge is 2.23. The molecular formula is C18H19BrN2O. The van der Waals surface area contributed by atoms with Crippen LogP contribution in [0.1, 0.15) is 15.9 Å². The normalized spacial score (nSPS) is 15.0. The van der Waals surface area contributed by atoms with Crippen LogP contribution in [0.2, 0.25) is 0 Å². The number of para-hydroxylation sites is 1. The highest BCUT2D eigenvalue weighted by atomic mass is 79.9. The molecule has 1 fully saturated rings. The van der Waals surface area contributed by atoms with Crippen molar-refractivity contribution in [2.45, 2.75) is 6.92 Å². The summed E-state index contributed by atoms with van der Waals surface area (Å²) in [4.78, 5) is 16.9. The van der Waals surface area contributed by atoms with Crippen LogP contribution in [0.4, 0.5) is 5.69 Å². The maximum atomic E-state index is 12.6. The van der Waals surface area contributed by atoms with Gasteiger partial charge in [-0.15, -0.1) is 0 Å². The lowest BCUT2D eigenvalue weighted by atomic mass is 10.1. The van der Waals surface area contributed by atoms with Crippen LogP contribution in [0.5, 0.6) is 0 Å². The molecule has 3 nitrogen and oxygen atoms in total. The Morgan fingerprint density at radius 1 is 0.955 bits per heavy atom. The molecular weight excluding hydrogens is 340 g/mol. The van der Waals surface area contributed by atoms with E-state index in [1.807, 2.05) is 29.2 Å². The number of anilines is 1. The quantitative estimate of drug-likeness (QED) is 0.816. The zero-order chi connectivity index (χ0) is 15.5. The molecule has 1 aliphatic heterocycles. The first kappa shape index (κ1) is 15.1. The zero-order valence-electron chi connectivity index (χ0n) is 12.6. The fourth-order valence-corrected chi connectivity index (χ4v) is 3.33. The van der Waals surface area contributed by atoms with Gasteiger partial charge in [-0.25, -0.2) is 0 Å². The molecule has 1 aliphatic rings. The first-order chi connectivity index (χ1) is 10.7. The maximum absolute atomic E-state index is 12.6. The second-order valence-electron chi connectivity index (χ2n) is 5.55. The van der Waals surface area contributed by atoms with E-state index in [1.54, 1.807) is 0 Å². The highest BCUT2D eigenvalue weighted by molar-refractivity contribution is 9.10. The lowest BCUT2D eigenvalue weighted by Crippen LogP contribution is -2.49. The standard InChI is InChI=1S/C18H19BrN2O/c1-14-6-2-5-9-17(14)20-10-12-21(13-11-20)18(22)15-7-3-4-8-16(15)19/h2-9H,10-13H2,1H3. The Labute approximate surface area is 139 Å². The van der Waals surface area contributed by atoms with E-state index >= 15 is 0 Å². The Morgan fingerprint density at radius 2 is 1.59 bits per heavy atom. The average molecular weight is 359 g/mol. The SMILES string of the molecule is Cc1ccccc1N1CCN(C(=O)c2ccccc2Br)CC1. The summed E-state index contributed by atoms with van der Waals surface area (Å²) in [5.74, 6) is 0.108. The molecule has 0 bridgehead atoms. The number of halogens is 1. The molecule has 1 amide bonds. The van der Waals surface area contributed by atoms with Crippen LogP contribution >= 0.6 is 15.9 Å². The molecule has 22 heavy (non-hydrogen) atoms. The summed E-state index contributed by atoms with van der Waals surface area (Å²) < 4.78 is 0.862. The number of nitrogens with zero attached hydrogens (tertiary/aromatic N) is 2. The van der Waals surface area contributed by atoms with Crippen molar-refractivity contribution in [2.75, 3.05) is 31.1 Å². The van der Waals surface area contributed by atoms with Gasteiger partial charge in [0.2, 0.25) is 0 Å². The van der Waals surface area contributed by atoms with Crippen molar-refractivity contribution >= 4 is 27.5 Å². The number of amides is 1. The van der Waals surface area contributed by atoms with Gasteiger partial charge in [0.25, 0.3) is 5.91 Å². The molecule has 4 heteroatoms. The molecule has 1 saturated heterocycles. The minimum Gasteiger partial charge on any atom is -0.368 e. The third-order valence-corrected chi connectivity index (χ3v) is 4.82. The summed E-state index contributed by atoms with van der Waals surface area (Å²) in [5, 5.41) is 0. The van der Waals surface area contributed by atoms with Gasteiger partial charge in [-0.1, -0.05) is 30.3 Å². The van der Waals surface area contributed by atoms with Crippen molar-refractivity contribution in [2.24, 2.45) is 0 Å². The Hall–Kier alpha value is -1.81. The summed E-state index contributed by atoms with van der Waals surface area (Å²) in [5.41, 5.74) is 3.30. The van der Waals surface area contributed by atoms with Crippen LogP contribution in [0.15, 0.2) is 53.0 Å². The lowest BCUT2D eigenvalue weighted by Gasteiger charge is -2.37. The molecule has 2 aromatic carbocycles. The minimum absolute atomic E-state index is 0.108. The molecule has 3 rings (SSSR count). The molecule has 0 saturated carbocycles. The van der Waals surface area contributed by atoms with E-state index in [1.165, 1.54) is 11.3 Å². The lowest BCUT2D eigenvalue weighted by molar-refractivity contribution is 0.0746. The number of aryl methyl sites for hydroxylation is 1. The Bertz CT molecular complexity index is 678. The fraction of sp³-hybridized carbons (Fsp3) is 0.278. The van der Waals surface area contributed by atoms with Crippen molar-refractivity contribution in [1.29, 1.82) is 0 Å². The largest absolute Gasteiger partial charge is 0.368 e. The smallest absolute Gasteiger partial charge is 0.255 e. The van der Waals surface area contributed by atoms with Gasteiger partial charge in [0.15, 0.2) is 0 Å². The predicted octanol–water partition coefficient (Wildman–Crippen LogP) is 3.72. The first-order valence-electron chi connectivity index (χ1n) is 7.51. The van der Waals surface area contributed by atoms with E-state index in [0.29, 0.717) is 0 Å². The van der Waals surface area contributed by atoms with Gasteiger partial charge in [-0.3, -0.25) is 4.79 Å². The third kappa shape index (κ3) is 3.02. The number of piperazine rings is 1. The summed E-state index contributed by atoms with van der Waals surface area (Å²) in [6.07, 6.45) is 0. The highest BCUT2D eigenvalue weighted by Crippen LogP contribution is 2.23. The van der Waals surface area contributed by atoms with E-state index in [0.717, 1.165) is 36.2 Å². The van der Waals surface area contributed by atoms with Gasteiger partial charge in [0, 0.05) is 36.3 Å². The number of hydrogen-bond donors (Lipinski definition) is 0. The molecule has 114 valence electrons. The first-order valence-corrected chi connectivity index (χ1v) is 8.30. The molecule has 0 N–H and O–H groups in total. The van der Waals surface area contributed by atoms with Gasteiger partial charge in [0.1, 0.15) is 0 Å². The fourth-order valence-electron chi connectivity index (χ4n) is 2.87. The van der Waals surface area contributed by atoms with E-state index < -0.39 is 0 Å². The number of rotatable bonds is 2. The van der Waals surface area contributed by atoms with Crippen molar-refractivity contribution < 1.29 is 4.79 Å². The second kappa shape index (κ2) is 6.53. The molecule has 0 aliphatic carbocycles. The third-order valence-electron chi connectivity index (χ3n) is 4.13. The van der Waals surface area contributed by atoms with E-state index in [4.69, 9.17) is 0 Å². The van der Waals surface area contributed by atoms with Crippen molar-refractivity contribution in [3.05, 3.63) is 64.1 Å². The van der Waals surface area contributed by atoms with Gasteiger partial charge in [-0.2, -0.15) is 0 Å². The summed E-state index contributed by atoms with van der Waals surface area (Å²) in [6, 6.07) is 16.0. The van der Waals surface area contributed by atoms with Crippen molar-refractivity contribution in [3.63, 3.8) is 0 Å². The number of carbonyl (C=O) groups is 1. The number of benzene rings is 2. The van der Waals surface area contributed by atoms with E-state index in [-0.39, 0.29) is 5.91 Å². The molecule has 1 heterocycles. The second-order valence-corrected chi connectivity index (χ2v) is 6.40. The zero-order valence-corrected chi connectivity index (χ0v) is 14.2. The molecule has 0 radical (unpaired) electrons. The van der Waals surface area contributed by atoms with Crippen LogP contribution in [0, 0.1) is 6.92 Å². The minimum atomic E-state index is 0.108. The summed E-state index contributed by atoms with van der Waals surface area (Å²) in [7, 11) is 0. The van der Waals surface area contributed by atoms with Crippen molar-refractivity contribution in [3.8, 4) is 0 Å². The number of hydrogen-bond acceptors (Lipinski definition) is 2. The summed E-state index contributed by atoms with van der Waals surface area (Å²) >= 11 is 3.46. The molecule has 0 unspecified atom stereocenters. The molecule has 0 atom stereocenters. The Kier molecular flexibility index (Phi) is 4.48. The van der Waals surface area contributed by atoms with Crippen LogP contribution in [0.3, 0.4) is 0 Å². The van der Waals surface area contributed by atoms with Gasteiger partial charge >= 0.3 is 0 Å². The Balaban J connectivity index is 1.68. The maximum Gasteiger partial charge on any atom is 0.255 e. The van der Waals surface area contributed by atoms with Gasteiger partial charge in [0.05, 0.1) is 5.56 Å². The van der Waals surface area contributed by atoms with Gasteiger partial charge < -0.3 is 9.80 Å². The summed E-state index contributed by atoms with van der Waals surface area (Å²) in [6.45, 7) is 5.40. The topological polar surface area (TPSA) is 23.6 Å². The molecule has 0 spiro atoms.